The molecule has 0 spiro atoms. The number of carbonyl (C=O) groups excluding carboxylic acids is 1. The first-order valence-electron chi connectivity index (χ1n) is 9.25. The lowest BCUT2D eigenvalue weighted by molar-refractivity contribution is 0.0932. The number of benzene rings is 1. The first-order valence-corrected chi connectivity index (χ1v) is 9.25. The molecule has 2 N–H and O–H groups in total. The summed E-state index contributed by atoms with van der Waals surface area (Å²) < 4.78 is 0. The molecule has 134 valence electrons. The summed E-state index contributed by atoms with van der Waals surface area (Å²) in [5, 5.41) is 4.20. The van der Waals surface area contributed by atoms with E-state index in [1.54, 1.807) is 0 Å². The monoisotopic (exact) mass is 348 g/mol. The molecule has 26 heavy (non-hydrogen) atoms. The first-order chi connectivity index (χ1) is 12.8. The quantitative estimate of drug-likeness (QED) is 0.744. The topological polar surface area (TPSA) is 61.0 Å². The zero-order chi connectivity index (χ0) is 17.8. The highest BCUT2D eigenvalue weighted by Gasteiger charge is 2.21. The maximum Gasteiger partial charge on any atom is 0.253 e. The predicted molar refractivity (Wildman–Crippen MR) is 103 cm³/mol. The fourth-order valence-corrected chi connectivity index (χ4v) is 3.82. The predicted octanol–water partition coefficient (Wildman–Crippen LogP) is 3.20. The van der Waals surface area contributed by atoms with Crippen LogP contribution in [0.25, 0.3) is 10.9 Å². The van der Waals surface area contributed by atoms with Crippen LogP contribution in [0.3, 0.4) is 0 Å². The number of hydrogen-bond donors (Lipinski definition) is 2. The first kappa shape index (κ1) is 16.8. The Bertz CT molecular complexity index is 874. The number of piperidine rings is 1. The van der Waals surface area contributed by atoms with Gasteiger partial charge in [-0.3, -0.25) is 14.7 Å². The average Bonchev–Trinajstić information content (AvgIpc) is 3.16. The molecular weight excluding hydrogens is 324 g/mol. The lowest BCUT2D eigenvalue weighted by Gasteiger charge is -2.32. The van der Waals surface area contributed by atoms with Crippen LogP contribution in [0.2, 0.25) is 0 Å². The Morgan fingerprint density at radius 2 is 2.23 bits per heavy atom. The number of H-pyrrole nitrogens is 1. The number of carbonyl (C=O) groups is 1. The number of aromatic nitrogens is 2. The van der Waals surface area contributed by atoms with E-state index < -0.39 is 0 Å². The molecule has 1 aliphatic rings. The Hall–Kier alpha value is -2.66. The third-order valence-electron chi connectivity index (χ3n) is 5.12. The molecule has 0 radical (unpaired) electrons. The molecule has 0 unspecified atom stereocenters. The molecular formula is C21H24N4O. The largest absolute Gasteiger partial charge is 0.361 e. The van der Waals surface area contributed by atoms with E-state index in [1.807, 2.05) is 48.9 Å². The summed E-state index contributed by atoms with van der Waals surface area (Å²) in [5.41, 5.74) is 2.87. The highest BCUT2D eigenvalue weighted by Crippen LogP contribution is 2.19. The Balaban J connectivity index is 1.34. The molecule has 0 aliphatic carbocycles. The molecule has 2 aromatic heterocycles. The van der Waals surface area contributed by atoms with E-state index in [4.69, 9.17) is 0 Å². The number of pyridine rings is 1. The zero-order valence-electron chi connectivity index (χ0n) is 14.8. The van der Waals surface area contributed by atoms with Crippen molar-refractivity contribution in [2.24, 2.45) is 5.92 Å². The molecule has 1 aromatic carbocycles. The molecule has 0 saturated carbocycles. The molecule has 3 heterocycles. The third kappa shape index (κ3) is 3.78. The molecule has 1 amide bonds. The highest BCUT2D eigenvalue weighted by atomic mass is 16.1. The number of fused-ring (bicyclic) bond motifs is 1. The summed E-state index contributed by atoms with van der Waals surface area (Å²) in [7, 11) is 0. The lowest BCUT2D eigenvalue weighted by Crippen LogP contribution is -2.40. The molecule has 1 aliphatic heterocycles. The van der Waals surface area contributed by atoms with Crippen LogP contribution in [0.5, 0.6) is 0 Å². The van der Waals surface area contributed by atoms with Gasteiger partial charge in [-0.1, -0.05) is 18.2 Å². The van der Waals surface area contributed by atoms with Gasteiger partial charge in [0.2, 0.25) is 0 Å². The average molecular weight is 348 g/mol. The number of para-hydroxylation sites is 1. The second-order valence-corrected chi connectivity index (χ2v) is 7.06. The standard InChI is InChI=1S/C21H24N4O/c26-21(19-7-1-6-18-8-10-23-20(18)19)24-13-17-5-3-11-25(15-17)14-16-4-2-9-22-12-16/h1-2,4,6-10,12,17,23H,3,5,11,13-15H2,(H,24,26)/t17-/m0/s1. The van der Waals surface area contributed by atoms with Crippen LogP contribution in [0.15, 0.2) is 55.0 Å². The number of hydrogen-bond acceptors (Lipinski definition) is 3. The van der Waals surface area contributed by atoms with Gasteiger partial charge in [0.25, 0.3) is 5.91 Å². The molecule has 5 nitrogen and oxygen atoms in total. The van der Waals surface area contributed by atoms with Gasteiger partial charge in [0.05, 0.1) is 11.1 Å². The number of amides is 1. The van der Waals surface area contributed by atoms with E-state index in [1.165, 1.54) is 12.0 Å². The third-order valence-corrected chi connectivity index (χ3v) is 5.12. The van der Waals surface area contributed by atoms with Crippen molar-refractivity contribution in [2.75, 3.05) is 19.6 Å². The number of nitrogens with zero attached hydrogens (tertiary/aromatic N) is 2. The Kier molecular flexibility index (Phi) is 4.97. The van der Waals surface area contributed by atoms with Gasteiger partial charge >= 0.3 is 0 Å². The molecule has 1 saturated heterocycles. The van der Waals surface area contributed by atoms with Crippen molar-refractivity contribution >= 4 is 16.8 Å². The number of aromatic amines is 1. The lowest BCUT2D eigenvalue weighted by atomic mass is 9.97. The fourth-order valence-electron chi connectivity index (χ4n) is 3.82. The Labute approximate surface area is 153 Å². The van der Waals surface area contributed by atoms with E-state index in [2.05, 4.69) is 26.3 Å². The van der Waals surface area contributed by atoms with Gasteiger partial charge in [0, 0.05) is 43.6 Å². The van der Waals surface area contributed by atoms with E-state index in [0.29, 0.717) is 5.92 Å². The Morgan fingerprint density at radius 3 is 3.12 bits per heavy atom. The smallest absolute Gasteiger partial charge is 0.253 e. The van der Waals surface area contributed by atoms with Gasteiger partial charge in [-0.25, -0.2) is 0 Å². The van der Waals surface area contributed by atoms with E-state index in [9.17, 15) is 4.79 Å². The minimum absolute atomic E-state index is 0.00225. The van der Waals surface area contributed by atoms with Gasteiger partial charge in [0.15, 0.2) is 0 Å². The summed E-state index contributed by atoms with van der Waals surface area (Å²) >= 11 is 0. The van der Waals surface area contributed by atoms with E-state index >= 15 is 0 Å². The SMILES string of the molecule is O=C(NC[C@@H]1CCCN(Cc2cccnc2)C1)c1cccc2cc[nH]c12. The van der Waals surface area contributed by atoms with Gasteiger partial charge in [-0.2, -0.15) is 0 Å². The van der Waals surface area contributed by atoms with Gasteiger partial charge in [0.1, 0.15) is 0 Å². The molecule has 4 rings (SSSR count). The van der Waals surface area contributed by atoms with Crippen molar-refractivity contribution in [1.29, 1.82) is 0 Å². The van der Waals surface area contributed by atoms with Crippen molar-refractivity contribution in [2.45, 2.75) is 19.4 Å². The van der Waals surface area contributed by atoms with E-state index in [-0.39, 0.29) is 5.91 Å². The van der Waals surface area contributed by atoms with Crippen molar-refractivity contribution in [3.05, 3.63) is 66.1 Å². The maximum absolute atomic E-state index is 12.6. The second kappa shape index (κ2) is 7.70. The van der Waals surface area contributed by atoms with Crippen molar-refractivity contribution in [1.82, 2.24) is 20.2 Å². The number of likely N-dealkylation sites (tertiary alicyclic amines) is 1. The van der Waals surface area contributed by atoms with Crippen LogP contribution in [-0.2, 0) is 6.54 Å². The second-order valence-electron chi connectivity index (χ2n) is 7.06. The molecule has 3 aromatic rings. The minimum atomic E-state index is 0.00225. The minimum Gasteiger partial charge on any atom is -0.361 e. The molecule has 1 atom stereocenters. The summed E-state index contributed by atoms with van der Waals surface area (Å²) in [6.07, 6.45) is 7.95. The molecule has 1 fully saturated rings. The van der Waals surface area contributed by atoms with Crippen LogP contribution < -0.4 is 5.32 Å². The summed E-state index contributed by atoms with van der Waals surface area (Å²) in [5.74, 6) is 0.495. The van der Waals surface area contributed by atoms with Crippen LogP contribution in [-0.4, -0.2) is 40.4 Å². The normalized spacial score (nSPS) is 18.1. The van der Waals surface area contributed by atoms with Crippen LogP contribution in [0.4, 0.5) is 0 Å². The fraction of sp³-hybridized carbons (Fsp3) is 0.333. The van der Waals surface area contributed by atoms with Gasteiger partial charge < -0.3 is 10.3 Å². The molecule has 5 heteroatoms. The van der Waals surface area contributed by atoms with Crippen LogP contribution in [0.1, 0.15) is 28.8 Å². The Morgan fingerprint density at radius 1 is 1.27 bits per heavy atom. The van der Waals surface area contributed by atoms with Crippen molar-refractivity contribution in [3.63, 3.8) is 0 Å². The summed E-state index contributed by atoms with van der Waals surface area (Å²) in [6, 6.07) is 11.9. The summed E-state index contributed by atoms with van der Waals surface area (Å²) in [4.78, 5) is 22.4. The molecule has 0 bridgehead atoms. The van der Waals surface area contributed by atoms with E-state index in [0.717, 1.165) is 49.1 Å². The van der Waals surface area contributed by atoms with Gasteiger partial charge in [-0.05, 0) is 49.1 Å². The zero-order valence-corrected chi connectivity index (χ0v) is 14.8. The van der Waals surface area contributed by atoms with Crippen molar-refractivity contribution < 1.29 is 4.79 Å². The number of nitrogens with one attached hydrogen (secondary N) is 2. The van der Waals surface area contributed by atoms with Crippen molar-refractivity contribution in [3.8, 4) is 0 Å². The summed E-state index contributed by atoms with van der Waals surface area (Å²) in [6.45, 7) is 3.78. The highest BCUT2D eigenvalue weighted by molar-refractivity contribution is 6.05. The van der Waals surface area contributed by atoms with Crippen LogP contribution in [0, 0.1) is 5.92 Å². The number of rotatable bonds is 5. The maximum atomic E-state index is 12.6. The van der Waals surface area contributed by atoms with Gasteiger partial charge in [-0.15, -0.1) is 0 Å². The van der Waals surface area contributed by atoms with Crippen LogP contribution >= 0.6 is 0 Å².